The lowest BCUT2D eigenvalue weighted by molar-refractivity contribution is 0.373. The number of thioether (sulfide) groups is 1. The van der Waals surface area contributed by atoms with Crippen molar-refractivity contribution in [2.75, 3.05) is 0 Å². The maximum absolute atomic E-state index is 5.42. The normalized spacial score (nSPS) is 12.7. The molecule has 3 aromatic rings. The van der Waals surface area contributed by atoms with Crippen LogP contribution in [0.1, 0.15) is 43.7 Å². The lowest BCUT2D eigenvalue weighted by Crippen LogP contribution is -1.96. The predicted molar refractivity (Wildman–Crippen MR) is 94.9 cm³/mol. The van der Waals surface area contributed by atoms with Crippen molar-refractivity contribution in [2.45, 2.75) is 36.3 Å². The first-order valence-corrected chi connectivity index (χ1v) is 9.31. The molecular formula is C15H16N4OS3. The Morgan fingerprint density at radius 1 is 1.22 bits per heavy atom. The molecule has 120 valence electrons. The molecule has 0 aliphatic carbocycles. The molecule has 0 amide bonds. The van der Waals surface area contributed by atoms with Gasteiger partial charge in [0.2, 0.25) is 5.89 Å². The zero-order valence-electron chi connectivity index (χ0n) is 13.0. The first kappa shape index (κ1) is 16.4. The maximum atomic E-state index is 5.42. The van der Waals surface area contributed by atoms with E-state index in [0.29, 0.717) is 5.89 Å². The van der Waals surface area contributed by atoms with E-state index in [9.17, 15) is 0 Å². The average molecular weight is 365 g/mol. The number of para-hydroxylation sites is 1. The molecule has 0 saturated heterocycles. The monoisotopic (exact) mass is 364 g/mol. The van der Waals surface area contributed by atoms with E-state index in [-0.39, 0.29) is 11.2 Å². The Morgan fingerprint density at radius 2 is 1.96 bits per heavy atom. The molecule has 0 saturated carbocycles. The summed E-state index contributed by atoms with van der Waals surface area (Å²) >= 11 is 8.48. The molecule has 1 aromatic carbocycles. The Balaban J connectivity index is 1.79. The zero-order chi connectivity index (χ0) is 16.4. The van der Waals surface area contributed by atoms with Crippen molar-refractivity contribution < 1.29 is 4.52 Å². The minimum Gasteiger partial charge on any atom is -0.338 e. The van der Waals surface area contributed by atoms with Crippen molar-refractivity contribution in [1.29, 1.82) is 0 Å². The first-order chi connectivity index (χ1) is 11.0. The molecule has 0 N–H and O–H groups in total. The van der Waals surface area contributed by atoms with Crippen LogP contribution < -0.4 is 0 Å². The zero-order valence-corrected chi connectivity index (χ0v) is 15.4. The van der Waals surface area contributed by atoms with Gasteiger partial charge in [0.15, 0.2) is 14.1 Å². The third-order valence-corrected chi connectivity index (χ3v) is 5.53. The fraction of sp³-hybridized carbons (Fsp3) is 0.333. The minimum atomic E-state index is 0.0276. The Bertz CT molecular complexity index is 838. The van der Waals surface area contributed by atoms with Crippen molar-refractivity contribution in [1.82, 2.24) is 19.9 Å². The Morgan fingerprint density at radius 3 is 2.61 bits per heavy atom. The molecule has 2 heterocycles. The highest BCUT2D eigenvalue weighted by molar-refractivity contribution is 8.01. The van der Waals surface area contributed by atoms with Gasteiger partial charge < -0.3 is 4.52 Å². The molecule has 3 rings (SSSR count). The third kappa shape index (κ3) is 3.70. The molecule has 0 spiro atoms. The molecule has 0 fully saturated rings. The summed E-state index contributed by atoms with van der Waals surface area (Å²) in [6, 6.07) is 9.88. The van der Waals surface area contributed by atoms with Crippen molar-refractivity contribution in [3.63, 3.8) is 0 Å². The average Bonchev–Trinajstić information content (AvgIpc) is 3.15. The highest BCUT2D eigenvalue weighted by Crippen LogP contribution is 2.36. The van der Waals surface area contributed by atoms with Crippen molar-refractivity contribution in [3.05, 3.63) is 46.0 Å². The van der Waals surface area contributed by atoms with Gasteiger partial charge in [0.25, 0.3) is 0 Å². The molecule has 23 heavy (non-hydrogen) atoms. The Labute approximate surface area is 147 Å². The van der Waals surface area contributed by atoms with Crippen LogP contribution in [0.2, 0.25) is 0 Å². The van der Waals surface area contributed by atoms with Crippen molar-refractivity contribution in [3.8, 4) is 5.69 Å². The van der Waals surface area contributed by atoms with Gasteiger partial charge in [-0.1, -0.05) is 60.3 Å². The number of hydrogen-bond acceptors (Lipinski definition) is 7. The summed E-state index contributed by atoms with van der Waals surface area (Å²) in [6.45, 7) is 6.11. The van der Waals surface area contributed by atoms with Gasteiger partial charge in [-0.05, 0) is 31.3 Å². The molecule has 8 heteroatoms. The van der Waals surface area contributed by atoms with E-state index in [4.69, 9.17) is 16.7 Å². The highest BCUT2D eigenvalue weighted by Gasteiger charge is 2.19. The molecular weight excluding hydrogens is 348 g/mol. The largest absolute Gasteiger partial charge is 0.338 e. The molecule has 2 aromatic heterocycles. The molecule has 1 atom stereocenters. The minimum absolute atomic E-state index is 0.0276. The summed E-state index contributed by atoms with van der Waals surface area (Å²) in [5.41, 5.74) is 0.966. The van der Waals surface area contributed by atoms with Crippen LogP contribution in [0.4, 0.5) is 0 Å². The van der Waals surface area contributed by atoms with Crippen LogP contribution in [0, 0.1) is 3.95 Å². The number of benzene rings is 1. The van der Waals surface area contributed by atoms with Crippen molar-refractivity contribution in [2.24, 2.45) is 0 Å². The topological polar surface area (TPSA) is 56.7 Å². The van der Waals surface area contributed by atoms with Crippen LogP contribution in [0.5, 0.6) is 0 Å². The summed E-state index contributed by atoms with van der Waals surface area (Å²) in [5, 5.41) is 8.63. The summed E-state index contributed by atoms with van der Waals surface area (Å²) in [6.07, 6.45) is 0. The second-order valence-electron chi connectivity index (χ2n) is 5.29. The standard InChI is InChI=1S/C15H16N4OS3/c1-9(2)12-16-13(20-18-12)10(3)22-14-17-19(15(21)23-14)11-7-5-4-6-8-11/h4-10H,1-3H3. The van der Waals surface area contributed by atoms with E-state index in [1.165, 1.54) is 11.3 Å². The van der Waals surface area contributed by atoms with Crippen LogP contribution >= 0.6 is 35.3 Å². The lowest BCUT2D eigenvalue weighted by atomic mass is 10.2. The van der Waals surface area contributed by atoms with Crippen LogP contribution in [0.15, 0.2) is 39.2 Å². The molecule has 0 aliphatic rings. The van der Waals surface area contributed by atoms with E-state index < -0.39 is 0 Å². The smallest absolute Gasteiger partial charge is 0.239 e. The second-order valence-corrected chi connectivity index (χ2v) is 8.50. The predicted octanol–water partition coefficient (Wildman–Crippen LogP) is 5.02. The number of nitrogens with zero attached hydrogens (tertiary/aromatic N) is 4. The van der Waals surface area contributed by atoms with Crippen LogP contribution in [-0.4, -0.2) is 19.9 Å². The first-order valence-electron chi connectivity index (χ1n) is 7.20. The van der Waals surface area contributed by atoms with Gasteiger partial charge in [0.1, 0.15) is 0 Å². The number of hydrogen-bond donors (Lipinski definition) is 0. The summed E-state index contributed by atoms with van der Waals surface area (Å²) in [4.78, 5) is 4.44. The summed E-state index contributed by atoms with van der Waals surface area (Å²) < 4.78 is 8.73. The highest BCUT2D eigenvalue weighted by atomic mass is 32.2. The van der Waals surface area contributed by atoms with Gasteiger partial charge >= 0.3 is 0 Å². The number of rotatable bonds is 5. The van der Waals surface area contributed by atoms with Gasteiger partial charge in [-0.3, -0.25) is 0 Å². The number of aromatic nitrogens is 4. The summed E-state index contributed by atoms with van der Waals surface area (Å²) in [5.74, 6) is 1.60. The fourth-order valence-corrected chi connectivity index (χ4v) is 4.43. The van der Waals surface area contributed by atoms with E-state index >= 15 is 0 Å². The quantitative estimate of drug-likeness (QED) is 0.468. The molecule has 1 unspecified atom stereocenters. The van der Waals surface area contributed by atoms with E-state index in [0.717, 1.165) is 19.8 Å². The molecule has 0 aliphatic heterocycles. The molecule has 5 nitrogen and oxygen atoms in total. The molecule has 0 radical (unpaired) electrons. The Kier molecular flexibility index (Phi) is 4.93. The van der Waals surface area contributed by atoms with Gasteiger partial charge in [0.05, 0.1) is 10.9 Å². The van der Waals surface area contributed by atoms with Crippen LogP contribution in [0.25, 0.3) is 5.69 Å². The van der Waals surface area contributed by atoms with Crippen molar-refractivity contribution >= 4 is 35.3 Å². The lowest BCUT2D eigenvalue weighted by Gasteiger charge is -2.02. The fourth-order valence-electron chi connectivity index (χ4n) is 1.89. The van der Waals surface area contributed by atoms with Gasteiger partial charge in [-0.15, -0.1) is 5.10 Å². The van der Waals surface area contributed by atoms with Crippen LogP contribution in [-0.2, 0) is 0 Å². The Hall–Kier alpha value is -1.51. The summed E-state index contributed by atoms with van der Waals surface area (Å²) in [7, 11) is 0. The van der Waals surface area contributed by atoms with E-state index in [1.807, 2.05) is 51.1 Å². The van der Waals surface area contributed by atoms with Gasteiger partial charge in [0, 0.05) is 5.92 Å². The van der Waals surface area contributed by atoms with E-state index in [1.54, 1.807) is 16.4 Å². The third-order valence-electron chi connectivity index (χ3n) is 3.13. The molecule has 0 bridgehead atoms. The van der Waals surface area contributed by atoms with E-state index in [2.05, 4.69) is 15.2 Å². The maximum Gasteiger partial charge on any atom is 0.239 e. The second kappa shape index (κ2) is 6.94. The SMILES string of the molecule is CC(C)c1noc(C(C)Sc2nn(-c3ccccc3)c(=S)s2)n1. The van der Waals surface area contributed by atoms with Crippen LogP contribution in [0.3, 0.4) is 0 Å². The van der Waals surface area contributed by atoms with Gasteiger partial charge in [-0.2, -0.15) is 4.98 Å². The van der Waals surface area contributed by atoms with Gasteiger partial charge in [-0.25, -0.2) is 4.68 Å².